The first-order valence-corrected chi connectivity index (χ1v) is 7.57. The van der Waals surface area contributed by atoms with Crippen LogP contribution in [-0.4, -0.2) is 39.8 Å². The lowest BCUT2D eigenvalue weighted by atomic mass is 10.0. The molecule has 7 heteroatoms. The number of hydrogen-bond acceptors (Lipinski definition) is 5. The van der Waals surface area contributed by atoms with Crippen molar-refractivity contribution in [1.82, 2.24) is 20.1 Å². The molecular weight excluding hydrogens is 292 g/mol. The number of aryl methyl sites for hydroxylation is 1. The van der Waals surface area contributed by atoms with Gasteiger partial charge in [-0.2, -0.15) is 10.4 Å². The topological polar surface area (TPSA) is 86.8 Å². The molecule has 3 heterocycles. The highest BCUT2D eigenvalue weighted by molar-refractivity contribution is 5.93. The zero-order valence-electron chi connectivity index (χ0n) is 12.9. The maximum absolute atomic E-state index is 12.1. The number of carbonyl (C=O) groups excluding carboxylic acids is 1. The van der Waals surface area contributed by atoms with Gasteiger partial charge in [0.25, 0.3) is 5.91 Å². The van der Waals surface area contributed by atoms with Gasteiger partial charge in [0.05, 0.1) is 17.3 Å². The highest BCUT2D eigenvalue weighted by atomic mass is 16.1. The van der Waals surface area contributed by atoms with Crippen LogP contribution in [0.15, 0.2) is 30.7 Å². The van der Waals surface area contributed by atoms with Crippen LogP contribution in [0.4, 0.5) is 5.82 Å². The number of amides is 1. The van der Waals surface area contributed by atoms with Crippen molar-refractivity contribution in [2.75, 3.05) is 18.0 Å². The second-order valence-corrected chi connectivity index (χ2v) is 5.62. The summed E-state index contributed by atoms with van der Waals surface area (Å²) >= 11 is 0. The number of nitriles is 1. The molecule has 0 spiro atoms. The fourth-order valence-corrected chi connectivity index (χ4v) is 2.78. The van der Waals surface area contributed by atoms with E-state index in [1.807, 2.05) is 0 Å². The molecule has 1 amide bonds. The molecule has 1 aliphatic heterocycles. The third-order valence-corrected chi connectivity index (χ3v) is 4.00. The second kappa shape index (κ2) is 6.48. The molecule has 0 bridgehead atoms. The van der Waals surface area contributed by atoms with E-state index in [0.717, 1.165) is 31.7 Å². The van der Waals surface area contributed by atoms with E-state index in [0.29, 0.717) is 11.1 Å². The smallest absolute Gasteiger partial charge is 0.254 e. The minimum Gasteiger partial charge on any atom is -0.355 e. The average molecular weight is 310 g/mol. The van der Waals surface area contributed by atoms with Gasteiger partial charge in [-0.05, 0) is 25.0 Å². The maximum atomic E-state index is 12.1. The van der Waals surface area contributed by atoms with Gasteiger partial charge in [0, 0.05) is 38.6 Å². The van der Waals surface area contributed by atoms with Crippen LogP contribution >= 0.6 is 0 Å². The van der Waals surface area contributed by atoms with Gasteiger partial charge in [-0.3, -0.25) is 9.48 Å². The molecule has 0 radical (unpaired) electrons. The lowest BCUT2D eigenvalue weighted by molar-refractivity contribution is 0.0931. The number of hydrogen-bond donors (Lipinski definition) is 1. The Morgan fingerprint density at radius 2 is 2.22 bits per heavy atom. The molecule has 0 aromatic carbocycles. The molecule has 23 heavy (non-hydrogen) atoms. The van der Waals surface area contributed by atoms with E-state index in [4.69, 9.17) is 5.26 Å². The monoisotopic (exact) mass is 310 g/mol. The molecule has 118 valence electrons. The molecule has 2 aromatic rings. The molecule has 3 rings (SSSR count). The van der Waals surface area contributed by atoms with Crippen LogP contribution < -0.4 is 10.2 Å². The number of nitrogens with one attached hydrogen (secondary N) is 1. The van der Waals surface area contributed by atoms with Crippen LogP contribution in [0.5, 0.6) is 0 Å². The highest BCUT2D eigenvalue weighted by Crippen LogP contribution is 2.21. The molecule has 1 saturated heterocycles. The van der Waals surface area contributed by atoms with Crippen LogP contribution in [0, 0.1) is 11.3 Å². The standard InChI is InChI=1S/C16H18N6O/c1-21-11-13(10-19-21)16(23)20-14-4-7-22(8-5-14)15-12(9-17)3-2-6-18-15/h2-3,6,10-11,14H,4-5,7-8H2,1H3,(H,20,23). The van der Waals surface area contributed by atoms with Gasteiger partial charge in [0.1, 0.15) is 11.9 Å². The van der Waals surface area contributed by atoms with E-state index >= 15 is 0 Å². The number of piperidine rings is 1. The summed E-state index contributed by atoms with van der Waals surface area (Å²) in [6.07, 6.45) is 6.63. The molecule has 2 aromatic heterocycles. The van der Waals surface area contributed by atoms with Crippen molar-refractivity contribution >= 4 is 11.7 Å². The van der Waals surface area contributed by atoms with Crippen molar-refractivity contribution in [2.24, 2.45) is 7.05 Å². The number of aromatic nitrogens is 3. The summed E-state index contributed by atoms with van der Waals surface area (Å²) in [6, 6.07) is 5.85. The van der Waals surface area contributed by atoms with Gasteiger partial charge in [-0.15, -0.1) is 0 Å². The molecule has 7 nitrogen and oxygen atoms in total. The van der Waals surface area contributed by atoms with E-state index in [-0.39, 0.29) is 11.9 Å². The van der Waals surface area contributed by atoms with Gasteiger partial charge in [0.2, 0.25) is 0 Å². The summed E-state index contributed by atoms with van der Waals surface area (Å²) in [5, 5.41) is 16.2. The van der Waals surface area contributed by atoms with Crippen LogP contribution in [0.2, 0.25) is 0 Å². The van der Waals surface area contributed by atoms with Gasteiger partial charge in [0.15, 0.2) is 0 Å². The van der Waals surface area contributed by atoms with E-state index in [1.54, 1.807) is 42.5 Å². The van der Waals surface area contributed by atoms with Crippen molar-refractivity contribution in [3.63, 3.8) is 0 Å². The molecule has 0 unspecified atom stereocenters. The largest absolute Gasteiger partial charge is 0.355 e. The first-order chi connectivity index (χ1) is 11.2. The number of pyridine rings is 1. The SMILES string of the molecule is Cn1cc(C(=O)NC2CCN(c3ncccc3C#N)CC2)cn1. The first-order valence-electron chi connectivity index (χ1n) is 7.57. The Labute approximate surface area is 134 Å². The lowest BCUT2D eigenvalue weighted by Crippen LogP contribution is -2.45. The Hall–Kier alpha value is -2.88. The number of anilines is 1. The second-order valence-electron chi connectivity index (χ2n) is 5.62. The predicted octanol–water partition coefficient (Wildman–Crippen LogP) is 1.09. The molecule has 1 N–H and O–H groups in total. The van der Waals surface area contributed by atoms with Crippen molar-refractivity contribution in [2.45, 2.75) is 18.9 Å². The molecule has 0 atom stereocenters. The fraction of sp³-hybridized carbons (Fsp3) is 0.375. The minimum atomic E-state index is -0.0906. The zero-order chi connectivity index (χ0) is 16.2. The van der Waals surface area contributed by atoms with Crippen molar-refractivity contribution < 1.29 is 4.79 Å². The average Bonchev–Trinajstić information content (AvgIpc) is 3.02. The lowest BCUT2D eigenvalue weighted by Gasteiger charge is -2.33. The van der Waals surface area contributed by atoms with Gasteiger partial charge in [-0.1, -0.05) is 0 Å². The number of carbonyl (C=O) groups is 1. The van der Waals surface area contributed by atoms with Crippen molar-refractivity contribution in [1.29, 1.82) is 5.26 Å². The normalized spacial score (nSPS) is 15.2. The summed E-state index contributed by atoms with van der Waals surface area (Å²) in [4.78, 5) is 18.6. The summed E-state index contributed by atoms with van der Waals surface area (Å²) < 4.78 is 1.61. The number of nitrogens with zero attached hydrogens (tertiary/aromatic N) is 5. The summed E-state index contributed by atoms with van der Waals surface area (Å²) in [7, 11) is 1.79. The van der Waals surface area contributed by atoms with Gasteiger partial charge in [-0.25, -0.2) is 4.98 Å². The van der Waals surface area contributed by atoms with Crippen LogP contribution in [0.1, 0.15) is 28.8 Å². The predicted molar refractivity (Wildman–Crippen MR) is 84.9 cm³/mol. The van der Waals surface area contributed by atoms with Crippen LogP contribution in [-0.2, 0) is 7.05 Å². The quantitative estimate of drug-likeness (QED) is 0.917. The summed E-state index contributed by atoms with van der Waals surface area (Å²) in [5.41, 5.74) is 1.16. The van der Waals surface area contributed by atoms with E-state index in [9.17, 15) is 4.79 Å². The van der Waals surface area contributed by atoms with E-state index < -0.39 is 0 Å². The Bertz CT molecular complexity index is 739. The summed E-state index contributed by atoms with van der Waals surface area (Å²) in [6.45, 7) is 1.54. The first kappa shape index (κ1) is 15.0. The third kappa shape index (κ3) is 3.31. The Morgan fingerprint density at radius 3 is 2.87 bits per heavy atom. The molecule has 1 fully saturated rings. The van der Waals surface area contributed by atoms with E-state index in [2.05, 4.69) is 26.4 Å². The van der Waals surface area contributed by atoms with Gasteiger partial charge < -0.3 is 10.2 Å². The van der Waals surface area contributed by atoms with Crippen LogP contribution in [0.25, 0.3) is 0 Å². The molecule has 0 saturated carbocycles. The van der Waals surface area contributed by atoms with Crippen molar-refractivity contribution in [3.8, 4) is 6.07 Å². The summed E-state index contributed by atoms with van der Waals surface area (Å²) in [5.74, 6) is 0.638. The third-order valence-electron chi connectivity index (χ3n) is 4.00. The minimum absolute atomic E-state index is 0.0906. The fourth-order valence-electron chi connectivity index (χ4n) is 2.78. The number of rotatable bonds is 3. The molecule has 0 aliphatic carbocycles. The van der Waals surface area contributed by atoms with Crippen LogP contribution in [0.3, 0.4) is 0 Å². The van der Waals surface area contributed by atoms with E-state index in [1.165, 1.54) is 0 Å². The zero-order valence-corrected chi connectivity index (χ0v) is 12.9. The Morgan fingerprint density at radius 1 is 1.43 bits per heavy atom. The molecule has 1 aliphatic rings. The highest BCUT2D eigenvalue weighted by Gasteiger charge is 2.23. The van der Waals surface area contributed by atoms with Gasteiger partial charge >= 0.3 is 0 Å². The Kier molecular flexibility index (Phi) is 4.24. The molecular formula is C16H18N6O. The Balaban J connectivity index is 1.58. The van der Waals surface area contributed by atoms with Crippen molar-refractivity contribution in [3.05, 3.63) is 41.9 Å². The maximum Gasteiger partial charge on any atom is 0.254 e.